The lowest BCUT2D eigenvalue weighted by Crippen LogP contribution is -2.09. The van der Waals surface area contributed by atoms with Gasteiger partial charge in [-0.1, -0.05) is 6.92 Å². The number of nitro groups is 1. The van der Waals surface area contributed by atoms with Gasteiger partial charge < -0.3 is 14.5 Å². The van der Waals surface area contributed by atoms with Gasteiger partial charge in [0.15, 0.2) is 0 Å². The summed E-state index contributed by atoms with van der Waals surface area (Å²) in [7, 11) is 0. The number of hydrogen-bond acceptors (Lipinski definition) is 5. The molecule has 2 rings (SSSR count). The monoisotopic (exact) mass is 316 g/mol. The number of carbonyl (C=O) groups excluding carboxylic acids is 1. The molecule has 0 atom stereocenters. The lowest BCUT2D eigenvalue weighted by molar-refractivity contribution is -0.384. The maximum Gasteiger partial charge on any atom is 0.296 e. The zero-order chi connectivity index (χ0) is 16.7. The molecule has 0 spiro atoms. The third-order valence-electron chi connectivity index (χ3n) is 2.84. The standard InChI is InChI=1S/C16H16N2O5/c1-2-9-22-13-5-7-14(15(11-13)18(20)21)17-16(19)8-6-12-4-3-10-23-12/h3-8,10-11H,2,9H2,1H3,(H,17,19)/b8-6+. The third kappa shape index (κ3) is 4.70. The van der Waals surface area contributed by atoms with Gasteiger partial charge in [0.2, 0.25) is 5.91 Å². The third-order valence-corrected chi connectivity index (χ3v) is 2.84. The maximum atomic E-state index is 11.8. The Kier molecular flexibility index (Phi) is 5.51. The first-order valence-corrected chi connectivity index (χ1v) is 7.04. The molecule has 0 aliphatic rings. The molecule has 0 radical (unpaired) electrons. The van der Waals surface area contributed by atoms with E-state index in [0.717, 1.165) is 6.42 Å². The zero-order valence-corrected chi connectivity index (χ0v) is 12.5. The van der Waals surface area contributed by atoms with Gasteiger partial charge >= 0.3 is 0 Å². The minimum atomic E-state index is -0.565. The van der Waals surface area contributed by atoms with E-state index in [0.29, 0.717) is 18.1 Å². The molecule has 0 aliphatic carbocycles. The lowest BCUT2D eigenvalue weighted by Gasteiger charge is -2.07. The quantitative estimate of drug-likeness (QED) is 0.478. The second-order valence-electron chi connectivity index (χ2n) is 4.62. The molecule has 0 saturated heterocycles. The highest BCUT2D eigenvalue weighted by atomic mass is 16.6. The van der Waals surface area contributed by atoms with Crippen molar-refractivity contribution in [3.8, 4) is 5.75 Å². The van der Waals surface area contributed by atoms with Gasteiger partial charge in [-0.25, -0.2) is 0 Å². The van der Waals surface area contributed by atoms with Crippen LogP contribution in [-0.2, 0) is 4.79 Å². The van der Waals surface area contributed by atoms with Crippen LogP contribution < -0.4 is 10.1 Å². The van der Waals surface area contributed by atoms with Crippen LogP contribution in [0.1, 0.15) is 19.1 Å². The van der Waals surface area contributed by atoms with Crippen molar-refractivity contribution in [2.75, 3.05) is 11.9 Å². The molecule has 7 nitrogen and oxygen atoms in total. The van der Waals surface area contributed by atoms with Crippen LogP contribution in [0.4, 0.5) is 11.4 Å². The van der Waals surface area contributed by atoms with Crippen LogP contribution in [0.2, 0.25) is 0 Å². The Morgan fingerprint density at radius 1 is 1.43 bits per heavy atom. The van der Waals surface area contributed by atoms with Crippen molar-refractivity contribution in [1.82, 2.24) is 0 Å². The Balaban J connectivity index is 2.11. The number of ether oxygens (including phenoxy) is 1. The number of nitrogens with one attached hydrogen (secondary N) is 1. The van der Waals surface area contributed by atoms with Crippen molar-refractivity contribution in [1.29, 1.82) is 0 Å². The highest BCUT2D eigenvalue weighted by Gasteiger charge is 2.16. The summed E-state index contributed by atoms with van der Waals surface area (Å²) in [6.07, 6.45) is 4.99. The number of anilines is 1. The topological polar surface area (TPSA) is 94.6 Å². The van der Waals surface area contributed by atoms with Crippen LogP contribution in [0, 0.1) is 10.1 Å². The first kappa shape index (κ1) is 16.3. The molecule has 1 amide bonds. The number of carbonyl (C=O) groups is 1. The Labute approximate surface area is 132 Å². The number of amides is 1. The van der Waals surface area contributed by atoms with E-state index < -0.39 is 10.8 Å². The number of hydrogen-bond donors (Lipinski definition) is 1. The van der Waals surface area contributed by atoms with Crippen LogP contribution in [0.3, 0.4) is 0 Å². The summed E-state index contributed by atoms with van der Waals surface area (Å²) in [6.45, 7) is 2.41. The smallest absolute Gasteiger partial charge is 0.296 e. The predicted molar refractivity (Wildman–Crippen MR) is 85.3 cm³/mol. The van der Waals surface area contributed by atoms with Crippen molar-refractivity contribution in [2.45, 2.75) is 13.3 Å². The largest absolute Gasteiger partial charge is 0.493 e. The fraction of sp³-hybridized carbons (Fsp3) is 0.188. The summed E-state index contributed by atoms with van der Waals surface area (Å²) in [4.78, 5) is 22.4. The highest BCUT2D eigenvalue weighted by Crippen LogP contribution is 2.29. The van der Waals surface area contributed by atoms with E-state index in [9.17, 15) is 14.9 Å². The Morgan fingerprint density at radius 2 is 2.26 bits per heavy atom. The van der Waals surface area contributed by atoms with E-state index >= 15 is 0 Å². The zero-order valence-electron chi connectivity index (χ0n) is 12.5. The van der Waals surface area contributed by atoms with Gasteiger partial charge in [0.05, 0.1) is 23.9 Å². The molecule has 7 heteroatoms. The minimum absolute atomic E-state index is 0.105. The fourth-order valence-electron chi connectivity index (χ4n) is 1.80. The average molecular weight is 316 g/mol. The SMILES string of the molecule is CCCOc1ccc(NC(=O)/C=C/c2ccco2)c([N+](=O)[O-])c1. The molecule has 2 aromatic rings. The predicted octanol–water partition coefficient (Wildman–Crippen LogP) is 3.63. The molecular weight excluding hydrogens is 300 g/mol. The summed E-state index contributed by atoms with van der Waals surface area (Å²) in [5.41, 5.74) is -0.119. The average Bonchev–Trinajstić information content (AvgIpc) is 3.05. The molecule has 0 fully saturated rings. The summed E-state index contributed by atoms with van der Waals surface area (Å²) in [5.74, 6) is 0.410. The van der Waals surface area contributed by atoms with E-state index in [1.807, 2.05) is 6.92 Å². The van der Waals surface area contributed by atoms with Gasteiger partial charge in [-0.05, 0) is 36.8 Å². The van der Waals surface area contributed by atoms with Crippen molar-refractivity contribution < 1.29 is 18.9 Å². The first-order valence-electron chi connectivity index (χ1n) is 7.04. The van der Waals surface area contributed by atoms with Gasteiger partial charge in [-0.3, -0.25) is 14.9 Å². The Morgan fingerprint density at radius 3 is 2.91 bits per heavy atom. The Bertz CT molecular complexity index is 707. The molecule has 1 aromatic heterocycles. The number of benzene rings is 1. The summed E-state index contributed by atoms with van der Waals surface area (Å²) in [6, 6.07) is 7.70. The number of nitro benzene ring substituents is 1. The van der Waals surface area contributed by atoms with Crippen LogP contribution in [0.25, 0.3) is 6.08 Å². The van der Waals surface area contributed by atoms with Gasteiger partial charge in [0, 0.05) is 6.08 Å². The number of rotatable bonds is 7. The summed E-state index contributed by atoms with van der Waals surface area (Å²) >= 11 is 0. The molecule has 0 bridgehead atoms. The highest BCUT2D eigenvalue weighted by molar-refractivity contribution is 6.03. The second kappa shape index (κ2) is 7.79. The normalized spacial score (nSPS) is 10.7. The van der Waals surface area contributed by atoms with Crippen LogP contribution in [-0.4, -0.2) is 17.4 Å². The molecule has 1 heterocycles. The van der Waals surface area contributed by atoms with Gasteiger partial charge in [0.25, 0.3) is 5.69 Å². The lowest BCUT2D eigenvalue weighted by atomic mass is 10.2. The van der Waals surface area contributed by atoms with E-state index in [1.54, 1.807) is 18.2 Å². The van der Waals surface area contributed by atoms with Crippen molar-refractivity contribution in [2.24, 2.45) is 0 Å². The van der Waals surface area contributed by atoms with Gasteiger partial charge in [-0.2, -0.15) is 0 Å². The van der Waals surface area contributed by atoms with Gasteiger partial charge in [0.1, 0.15) is 17.2 Å². The summed E-state index contributed by atoms with van der Waals surface area (Å²) < 4.78 is 10.4. The van der Waals surface area contributed by atoms with E-state index in [4.69, 9.17) is 9.15 Å². The van der Waals surface area contributed by atoms with E-state index in [1.165, 1.54) is 30.5 Å². The molecule has 120 valence electrons. The molecule has 1 N–H and O–H groups in total. The molecule has 23 heavy (non-hydrogen) atoms. The van der Waals surface area contributed by atoms with Crippen molar-refractivity contribution in [3.63, 3.8) is 0 Å². The molecule has 0 unspecified atom stereocenters. The van der Waals surface area contributed by atoms with E-state index in [2.05, 4.69) is 5.32 Å². The number of furan rings is 1. The molecule has 0 aliphatic heterocycles. The molecule has 0 saturated carbocycles. The molecular formula is C16H16N2O5. The fourth-order valence-corrected chi connectivity index (χ4v) is 1.80. The number of nitrogens with zero attached hydrogens (tertiary/aromatic N) is 1. The Hall–Kier alpha value is -3.09. The van der Waals surface area contributed by atoms with Crippen molar-refractivity contribution in [3.05, 3.63) is 58.5 Å². The van der Waals surface area contributed by atoms with Crippen LogP contribution >= 0.6 is 0 Å². The maximum absolute atomic E-state index is 11.8. The van der Waals surface area contributed by atoms with Crippen LogP contribution in [0.15, 0.2) is 47.1 Å². The van der Waals surface area contributed by atoms with Crippen LogP contribution in [0.5, 0.6) is 5.75 Å². The minimum Gasteiger partial charge on any atom is -0.493 e. The molecule has 1 aromatic carbocycles. The van der Waals surface area contributed by atoms with E-state index in [-0.39, 0.29) is 11.4 Å². The van der Waals surface area contributed by atoms with Gasteiger partial charge in [-0.15, -0.1) is 0 Å². The first-order chi connectivity index (χ1) is 11.1. The second-order valence-corrected chi connectivity index (χ2v) is 4.62. The summed E-state index contributed by atoms with van der Waals surface area (Å²) in [5, 5.41) is 13.6. The van der Waals surface area contributed by atoms with Crippen molar-refractivity contribution >= 4 is 23.4 Å².